The third kappa shape index (κ3) is 2.76. The molecule has 4 heteroatoms. The molecule has 2 aromatic carbocycles. The molecule has 25 heavy (non-hydrogen) atoms. The van der Waals surface area contributed by atoms with E-state index in [-0.39, 0.29) is 6.10 Å². The highest BCUT2D eigenvalue weighted by Crippen LogP contribution is 2.34. The lowest BCUT2D eigenvalue weighted by Gasteiger charge is -2.13. The Morgan fingerprint density at radius 2 is 1.84 bits per heavy atom. The lowest BCUT2D eigenvalue weighted by atomic mass is 9.98. The topological polar surface area (TPSA) is 36.3 Å². The number of rotatable bonds is 4. The van der Waals surface area contributed by atoms with Crippen LogP contribution in [0.15, 0.2) is 48.5 Å². The molecule has 0 spiro atoms. The molecule has 0 unspecified atom stereocenters. The van der Waals surface area contributed by atoms with Crippen LogP contribution in [0, 0.1) is 0 Å². The second-order valence-corrected chi connectivity index (χ2v) is 7.09. The smallest absolute Gasteiger partial charge is 0.297 e. The van der Waals surface area contributed by atoms with Crippen molar-refractivity contribution in [3.63, 3.8) is 0 Å². The van der Waals surface area contributed by atoms with Crippen LogP contribution >= 0.6 is 0 Å². The van der Waals surface area contributed by atoms with E-state index in [9.17, 15) is 0 Å². The fourth-order valence-corrected chi connectivity index (χ4v) is 4.08. The maximum absolute atomic E-state index is 5.95. The molecule has 4 nitrogen and oxygen atoms in total. The average Bonchev–Trinajstić information content (AvgIpc) is 3.36. The highest BCUT2D eigenvalue weighted by Gasteiger charge is 2.26. The van der Waals surface area contributed by atoms with E-state index in [1.165, 1.54) is 31.2 Å². The van der Waals surface area contributed by atoms with Crippen molar-refractivity contribution in [1.82, 2.24) is 9.55 Å². The van der Waals surface area contributed by atoms with Crippen LogP contribution in [0.5, 0.6) is 11.8 Å². The Hall–Kier alpha value is -2.49. The van der Waals surface area contributed by atoms with Crippen LogP contribution < -0.4 is 9.47 Å². The maximum atomic E-state index is 5.95. The van der Waals surface area contributed by atoms with Gasteiger partial charge in [-0.25, -0.2) is 0 Å². The third-order valence-corrected chi connectivity index (χ3v) is 5.42. The van der Waals surface area contributed by atoms with Crippen LogP contribution in [0.4, 0.5) is 0 Å². The summed E-state index contributed by atoms with van der Waals surface area (Å²) in [6.45, 7) is 1.33. The quantitative estimate of drug-likeness (QED) is 0.703. The Balaban J connectivity index is 1.22. The summed E-state index contributed by atoms with van der Waals surface area (Å²) in [5.74, 6) is 1.66. The van der Waals surface area contributed by atoms with Gasteiger partial charge in [0.1, 0.15) is 12.4 Å². The standard InChI is InChI=1S/C21H22N2O2/c1-2-6-15(5-1)16-9-11-17(12-10-16)24-14-18-13-23-20-8-4-3-7-19(20)22-21(23)25-18/h3-4,7-12,15,18H,1-2,5-6,13-14H2/t18-/m0/s1. The molecule has 1 aliphatic heterocycles. The molecular formula is C21H22N2O2. The van der Waals surface area contributed by atoms with Crippen molar-refractivity contribution >= 4 is 11.0 Å². The molecule has 2 aliphatic rings. The summed E-state index contributed by atoms with van der Waals surface area (Å²) in [6.07, 6.45) is 5.41. The van der Waals surface area contributed by atoms with Crippen molar-refractivity contribution in [3.8, 4) is 11.8 Å². The van der Waals surface area contributed by atoms with E-state index < -0.39 is 0 Å². The number of hydrogen-bond donors (Lipinski definition) is 0. The van der Waals surface area contributed by atoms with Crippen molar-refractivity contribution in [2.24, 2.45) is 0 Å². The molecule has 2 heterocycles. The molecule has 0 saturated heterocycles. The molecule has 1 saturated carbocycles. The molecule has 3 aromatic rings. The second-order valence-electron chi connectivity index (χ2n) is 7.09. The van der Waals surface area contributed by atoms with E-state index in [0.29, 0.717) is 12.6 Å². The van der Waals surface area contributed by atoms with Crippen LogP contribution in [-0.4, -0.2) is 22.3 Å². The van der Waals surface area contributed by atoms with Crippen LogP contribution in [0.25, 0.3) is 11.0 Å². The lowest BCUT2D eigenvalue weighted by molar-refractivity contribution is 0.144. The van der Waals surface area contributed by atoms with E-state index >= 15 is 0 Å². The van der Waals surface area contributed by atoms with E-state index in [4.69, 9.17) is 9.47 Å². The molecule has 0 N–H and O–H groups in total. The number of fused-ring (bicyclic) bond motifs is 3. The minimum atomic E-state index is 0.0154. The van der Waals surface area contributed by atoms with Crippen LogP contribution in [0.3, 0.4) is 0 Å². The molecule has 1 aromatic heterocycles. The van der Waals surface area contributed by atoms with Gasteiger partial charge < -0.3 is 9.47 Å². The van der Waals surface area contributed by atoms with Gasteiger partial charge >= 0.3 is 0 Å². The predicted octanol–water partition coefficient (Wildman–Crippen LogP) is 4.53. The van der Waals surface area contributed by atoms with Gasteiger partial charge in [0.2, 0.25) is 0 Å². The first kappa shape index (κ1) is 14.8. The highest BCUT2D eigenvalue weighted by molar-refractivity contribution is 5.76. The van der Waals surface area contributed by atoms with Gasteiger partial charge in [-0.2, -0.15) is 4.98 Å². The summed E-state index contributed by atoms with van der Waals surface area (Å²) in [4.78, 5) is 4.54. The summed E-state index contributed by atoms with van der Waals surface area (Å²) in [6, 6.07) is 17.5. The molecule has 1 atom stereocenters. The molecule has 5 rings (SSSR count). The first-order valence-electron chi connectivity index (χ1n) is 9.21. The molecule has 0 radical (unpaired) electrons. The maximum Gasteiger partial charge on any atom is 0.297 e. The largest absolute Gasteiger partial charge is 0.490 e. The zero-order chi connectivity index (χ0) is 16.6. The molecule has 1 fully saturated rings. The van der Waals surface area contributed by atoms with Crippen LogP contribution in [-0.2, 0) is 6.54 Å². The van der Waals surface area contributed by atoms with Gasteiger partial charge in [-0.05, 0) is 48.6 Å². The minimum Gasteiger partial charge on any atom is -0.490 e. The fourth-order valence-electron chi connectivity index (χ4n) is 4.08. The molecule has 0 bridgehead atoms. The number of ether oxygens (including phenoxy) is 2. The zero-order valence-corrected chi connectivity index (χ0v) is 14.2. The van der Waals surface area contributed by atoms with E-state index in [1.807, 2.05) is 18.2 Å². The SMILES string of the molecule is c1ccc2c(c1)nc1n2C[C@@H](COc2ccc(C3CCCC3)cc2)O1. The monoisotopic (exact) mass is 334 g/mol. The number of nitrogens with zero attached hydrogens (tertiary/aromatic N) is 2. The Kier molecular flexibility index (Phi) is 3.62. The average molecular weight is 334 g/mol. The number of aromatic nitrogens is 2. The number of benzene rings is 2. The Morgan fingerprint density at radius 3 is 2.68 bits per heavy atom. The van der Waals surface area contributed by atoms with Gasteiger partial charge in [-0.15, -0.1) is 0 Å². The van der Waals surface area contributed by atoms with Gasteiger partial charge in [-0.1, -0.05) is 37.1 Å². The van der Waals surface area contributed by atoms with Crippen molar-refractivity contribution < 1.29 is 9.47 Å². The summed E-state index contributed by atoms with van der Waals surface area (Å²) in [7, 11) is 0. The Morgan fingerprint density at radius 1 is 1.04 bits per heavy atom. The van der Waals surface area contributed by atoms with Crippen molar-refractivity contribution in [2.45, 2.75) is 44.2 Å². The molecule has 0 amide bonds. The first-order valence-corrected chi connectivity index (χ1v) is 9.21. The molecule has 128 valence electrons. The third-order valence-electron chi connectivity index (χ3n) is 5.42. The van der Waals surface area contributed by atoms with Crippen molar-refractivity contribution in [3.05, 3.63) is 54.1 Å². The van der Waals surface area contributed by atoms with Crippen LogP contribution in [0.1, 0.15) is 37.2 Å². The van der Waals surface area contributed by atoms with Crippen LogP contribution in [0.2, 0.25) is 0 Å². The summed E-state index contributed by atoms with van der Waals surface area (Å²) in [5, 5.41) is 0. The predicted molar refractivity (Wildman–Crippen MR) is 97.3 cm³/mol. The molecular weight excluding hydrogens is 312 g/mol. The Labute approximate surface area is 147 Å². The van der Waals surface area contributed by atoms with Gasteiger partial charge in [-0.3, -0.25) is 4.57 Å². The van der Waals surface area contributed by atoms with E-state index in [2.05, 4.69) is 39.9 Å². The zero-order valence-electron chi connectivity index (χ0n) is 14.2. The van der Waals surface area contributed by atoms with E-state index in [0.717, 1.165) is 29.2 Å². The van der Waals surface area contributed by atoms with Gasteiger partial charge in [0.05, 0.1) is 17.6 Å². The number of hydrogen-bond acceptors (Lipinski definition) is 3. The van der Waals surface area contributed by atoms with E-state index in [1.54, 1.807) is 0 Å². The van der Waals surface area contributed by atoms with Gasteiger partial charge in [0.25, 0.3) is 6.01 Å². The molecule has 1 aliphatic carbocycles. The summed E-state index contributed by atoms with van der Waals surface area (Å²) in [5.41, 5.74) is 3.56. The van der Waals surface area contributed by atoms with Crippen molar-refractivity contribution in [2.75, 3.05) is 6.61 Å². The highest BCUT2D eigenvalue weighted by atomic mass is 16.6. The number of imidazole rings is 1. The summed E-state index contributed by atoms with van der Waals surface area (Å²) >= 11 is 0. The Bertz CT molecular complexity index is 879. The second kappa shape index (κ2) is 6.10. The van der Waals surface area contributed by atoms with Gasteiger partial charge in [0.15, 0.2) is 6.10 Å². The van der Waals surface area contributed by atoms with Gasteiger partial charge in [0, 0.05) is 0 Å². The lowest BCUT2D eigenvalue weighted by Crippen LogP contribution is -2.23. The summed E-state index contributed by atoms with van der Waals surface area (Å²) < 4.78 is 14.0. The van der Waals surface area contributed by atoms with Crippen molar-refractivity contribution in [1.29, 1.82) is 0 Å². The number of para-hydroxylation sites is 2. The minimum absolute atomic E-state index is 0.0154. The first-order chi connectivity index (χ1) is 12.4. The fraction of sp³-hybridized carbons (Fsp3) is 0.381. The normalized spacial score (nSPS) is 19.9.